The molecule has 0 fully saturated rings. The molecule has 0 bridgehead atoms. The van der Waals surface area contributed by atoms with Crippen LogP contribution in [0, 0.1) is 31.1 Å². The molecular weight excluding hydrogens is 861 g/mol. The Labute approximate surface area is 290 Å². The van der Waals surface area contributed by atoms with E-state index in [-0.39, 0.29) is 38.5 Å². The van der Waals surface area contributed by atoms with E-state index in [0.29, 0.717) is 27.6 Å². The van der Waals surface area contributed by atoms with Gasteiger partial charge in [-0.25, -0.2) is 19.2 Å². The van der Waals surface area contributed by atoms with Crippen LogP contribution in [0.15, 0.2) is 70.0 Å². The topological polar surface area (TPSA) is 86.7 Å². The van der Waals surface area contributed by atoms with Gasteiger partial charge >= 0.3 is 23.9 Å². The maximum absolute atomic E-state index is 11.8. The molecule has 2 aliphatic rings. The SMILES string of the molecule is C.CCCS.CCCSc1ccc2c3c(cccc13)C(=O)OC2=O.O=C1OC(=O)c2ccc(Br)c3cccc1c23.[2H][B].[U]. The number of carbonyl (C=O) groups is 4. The first-order valence-corrected chi connectivity index (χ1v) is 14.8. The van der Waals surface area contributed by atoms with Gasteiger partial charge < -0.3 is 9.47 Å². The molecule has 0 amide bonds. The van der Waals surface area contributed by atoms with Crippen LogP contribution in [0.4, 0.5) is 0 Å². The van der Waals surface area contributed by atoms with Gasteiger partial charge in [-0.05, 0) is 72.9 Å². The van der Waals surface area contributed by atoms with Crippen LogP contribution >= 0.6 is 40.3 Å². The molecular formula is C31H30BBrO6S2U. The molecule has 0 unspecified atom stereocenters. The number of benzene rings is 4. The fourth-order valence-electron chi connectivity index (χ4n) is 4.16. The molecule has 216 valence electrons. The third-order valence-corrected chi connectivity index (χ3v) is 8.34. The van der Waals surface area contributed by atoms with E-state index in [4.69, 9.17) is 6.07 Å². The van der Waals surface area contributed by atoms with Crippen LogP contribution in [0.2, 0.25) is 0 Å². The summed E-state index contributed by atoms with van der Waals surface area (Å²) >= 11 is 9.06. The van der Waals surface area contributed by atoms with Crippen molar-refractivity contribution in [1.82, 2.24) is 0 Å². The Hall–Kier alpha value is -2.02. The Balaban J connectivity index is 0.000000353. The van der Waals surface area contributed by atoms with Crippen LogP contribution in [0.3, 0.4) is 0 Å². The molecule has 4 aromatic carbocycles. The molecule has 0 spiro atoms. The molecule has 2 radical (unpaired) electrons. The van der Waals surface area contributed by atoms with E-state index in [0.717, 1.165) is 43.5 Å². The minimum atomic E-state index is -0.582. The molecule has 0 atom stereocenters. The van der Waals surface area contributed by atoms with Crippen LogP contribution < -0.4 is 0 Å². The third kappa shape index (κ3) is 7.92. The number of esters is 4. The Kier molecular flexibility index (Phi) is 14.9. The average Bonchev–Trinajstić information content (AvgIpc) is 2.99. The monoisotopic (exact) mass is 891 g/mol. The van der Waals surface area contributed by atoms with Gasteiger partial charge in [0.25, 0.3) is 0 Å². The van der Waals surface area contributed by atoms with Crippen molar-refractivity contribution in [3.63, 3.8) is 0 Å². The van der Waals surface area contributed by atoms with Gasteiger partial charge in [0, 0.05) is 59.6 Å². The zero-order chi connectivity index (χ0) is 30.1. The van der Waals surface area contributed by atoms with E-state index in [1.165, 1.54) is 6.42 Å². The first-order valence-electron chi connectivity index (χ1n) is 12.9. The van der Waals surface area contributed by atoms with Gasteiger partial charge in [0.1, 0.15) is 0 Å². The summed E-state index contributed by atoms with van der Waals surface area (Å²) in [5, 5.41) is 3.20. The van der Waals surface area contributed by atoms with Gasteiger partial charge in [0.2, 0.25) is 0 Å². The largest absolute Gasteiger partial charge is 0.386 e. The Morgan fingerprint density at radius 2 is 1.17 bits per heavy atom. The number of halogens is 1. The number of rotatable bonds is 4. The molecule has 2 aliphatic heterocycles. The average molecular weight is 892 g/mol. The zero-order valence-corrected chi connectivity index (χ0v) is 29.8. The van der Waals surface area contributed by atoms with Crippen molar-refractivity contribution >= 4 is 94.1 Å². The minimum Gasteiger partial charge on any atom is -0.386 e. The van der Waals surface area contributed by atoms with Crippen molar-refractivity contribution in [2.75, 3.05) is 11.5 Å². The van der Waals surface area contributed by atoms with Gasteiger partial charge in [-0.15, -0.1) is 11.8 Å². The summed E-state index contributed by atoms with van der Waals surface area (Å²) in [6, 6.07) is 17.9. The number of hydrogen-bond acceptors (Lipinski definition) is 8. The van der Waals surface area contributed by atoms with E-state index in [2.05, 4.69) is 55.5 Å². The third-order valence-electron chi connectivity index (χ3n) is 5.92. The first-order chi connectivity index (χ1) is 19.8. The summed E-state index contributed by atoms with van der Waals surface area (Å²) < 4.78 is 15.5. The predicted molar refractivity (Wildman–Crippen MR) is 174 cm³/mol. The number of hydrogen-bond donors (Lipinski definition) is 1. The Morgan fingerprint density at radius 3 is 1.64 bits per heavy atom. The molecule has 0 N–H and O–H groups in total. The first kappa shape index (κ1) is 36.2. The molecule has 2 heterocycles. The van der Waals surface area contributed by atoms with E-state index in [9.17, 15) is 19.2 Å². The smallest absolute Gasteiger partial charge is 0.346 e. The number of thioether (sulfide) groups is 1. The van der Waals surface area contributed by atoms with Crippen molar-refractivity contribution in [3.8, 4) is 0 Å². The van der Waals surface area contributed by atoms with E-state index in [1.54, 1.807) is 48.2 Å². The quantitative estimate of drug-likeness (QED) is 0.0734. The summed E-state index contributed by atoms with van der Waals surface area (Å²) in [6.45, 7) is 4.23. The molecule has 0 aromatic heterocycles. The molecule has 6 rings (SSSR count). The van der Waals surface area contributed by atoms with Crippen molar-refractivity contribution in [1.29, 1.82) is 1.34 Å². The van der Waals surface area contributed by atoms with Gasteiger partial charge in [0.15, 0.2) is 0 Å². The van der Waals surface area contributed by atoms with E-state index < -0.39 is 23.9 Å². The molecule has 0 saturated heterocycles. The summed E-state index contributed by atoms with van der Waals surface area (Å²) in [5.74, 6) is -0.249. The Bertz CT molecular complexity index is 1590. The number of cyclic esters (lactones) is 4. The molecule has 42 heavy (non-hydrogen) atoms. The molecule has 6 nitrogen and oxygen atoms in total. The normalized spacial score (nSPS) is 12.4. The van der Waals surface area contributed by atoms with Gasteiger partial charge in [0.05, 0.1) is 22.3 Å². The zero-order valence-electron chi connectivity index (χ0n) is 23.4. The van der Waals surface area contributed by atoms with Crippen molar-refractivity contribution in [2.24, 2.45) is 0 Å². The molecule has 0 aliphatic carbocycles. The minimum absolute atomic E-state index is 0. The van der Waals surface area contributed by atoms with Crippen LogP contribution in [-0.2, 0) is 9.47 Å². The van der Waals surface area contributed by atoms with Crippen molar-refractivity contribution in [3.05, 3.63) is 87.4 Å². The van der Waals surface area contributed by atoms with Crippen molar-refractivity contribution in [2.45, 2.75) is 39.0 Å². The van der Waals surface area contributed by atoms with Crippen LogP contribution in [0.25, 0.3) is 21.5 Å². The molecule has 4 aromatic rings. The van der Waals surface area contributed by atoms with Crippen molar-refractivity contribution < 1.29 is 59.8 Å². The van der Waals surface area contributed by atoms with Gasteiger partial charge in [-0.3, -0.25) is 0 Å². The number of ether oxygens (including phenoxy) is 2. The van der Waals surface area contributed by atoms with Crippen LogP contribution in [-0.4, -0.2) is 45.1 Å². The Morgan fingerprint density at radius 1 is 0.738 bits per heavy atom. The molecule has 0 saturated carbocycles. The van der Waals surface area contributed by atoms with Gasteiger partial charge in [-0.1, -0.05) is 61.5 Å². The van der Waals surface area contributed by atoms with E-state index in [1.807, 2.05) is 24.3 Å². The maximum atomic E-state index is 11.8. The predicted octanol–water partition coefficient (Wildman–Crippen LogP) is 7.88. The van der Waals surface area contributed by atoms with Gasteiger partial charge in [-0.2, -0.15) is 12.6 Å². The second-order valence-corrected chi connectivity index (χ2v) is 11.0. The maximum Gasteiger partial charge on any atom is 0.346 e. The molecule has 11 heteroatoms. The summed E-state index contributed by atoms with van der Waals surface area (Å²) in [5.41, 5.74) is 1.83. The summed E-state index contributed by atoms with van der Waals surface area (Å²) in [6.07, 6.45) is 2.26. The fourth-order valence-corrected chi connectivity index (χ4v) is 5.53. The summed E-state index contributed by atoms with van der Waals surface area (Å²) in [4.78, 5) is 47.7. The second kappa shape index (κ2) is 17.3. The number of carbonyl (C=O) groups excluding carboxylic acids is 4. The summed E-state index contributed by atoms with van der Waals surface area (Å²) in [7, 11) is 3.75. The van der Waals surface area contributed by atoms with Crippen LogP contribution in [0.5, 0.6) is 0 Å². The number of thiol groups is 1. The van der Waals surface area contributed by atoms with Crippen LogP contribution in [0.1, 0.15) is 75.5 Å². The second-order valence-electron chi connectivity index (χ2n) is 8.59. The standard InChI is InChI=1S/C15H12O3S.C12H5BrO3.C3H8S.CH4.BH.U/c1-2-8-19-12-7-6-11-13-9(12)4-3-5-10(13)14(16)18-15(11)17;13-9-5-4-8-10-6(9)2-1-3-7(10)11(14)16-12(8)15;1-2-3-4;;;/h3-7H,2,8H2,1H3;1-5H;4H,2-3H2,1H3;1H4;1H;/i;;;;1D;. The van der Waals surface area contributed by atoms with E-state index >= 15 is 0 Å². The fraction of sp³-hybridized carbons (Fsp3) is 0.226.